The monoisotopic (exact) mass is 235 g/mol. The van der Waals surface area contributed by atoms with Gasteiger partial charge in [-0.3, -0.25) is 0 Å². The smallest absolute Gasteiger partial charge is 0.335 e. The third-order valence-corrected chi connectivity index (χ3v) is 2.14. The van der Waals surface area contributed by atoms with E-state index < -0.39 is 5.97 Å². The Bertz CT molecular complexity index is 377. The predicted molar refractivity (Wildman–Crippen MR) is 66.6 cm³/mol. The third kappa shape index (κ3) is 5.17. The molecule has 0 saturated heterocycles. The van der Waals surface area contributed by atoms with Gasteiger partial charge in [0.25, 0.3) is 0 Å². The van der Waals surface area contributed by atoms with Crippen LogP contribution in [-0.2, 0) is 0 Å². The van der Waals surface area contributed by atoms with E-state index in [4.69, 9.17) is 9.84 Å². The van der Waals surface area contributed by atoms with Gasteiger partial charge in [-0.15, -0.1) is 6.58 Å². The average Bonchev–Trinajstić information content (AvgIpc) is 2.34. The second-order valence-electron chi connectivity index (χ2n) is 3.53. The van der Waals surface area contributed by atoms with E-state index in [1.807, 2.05) is 0 Å². The summed E-state index contributed by atoms with van der Waals surface area (Å²) in [7, 11) is 0. The first-order valence-electron chi connectivity index (χ1n) is 5.52. The van der Waals surface area contributed by atoms with Gasteiger partial charge >= 0.3 is 5.97 Å². The first kappa shape index (κ1) is 13.3. The largest absolute Gasteiger partial charge is 0.494 e. The van der Waals surface area contributed by atoms with Crippen LogP contribution in [0.5, 0.6) is 5.75 Å². The maximum absolute atomic E-state index is 10.7. The molecule has 1 aromatic rings. The highest BCUT2D eigenvalue weighted by molar-refractivity contribution is 5.87. The second kappa shape index (κ2) is 7.46. The molecule has 4 nitrogen and oxygen atoms in total. The molecule has 17 heavy (non-hydrogen) atoms. The summed E-state index contributed by atoms with van der Waals surface area (Å²) in [4.78, 5) is 10.7. The number of carboxylic acid groups (broad SMARTS) is 1. The minimum atomic E-state index is -0.942. The summed E-state index contributed by atoms with van der Waals surface area (Å²) in [5, 5.41) is 12.0. The maximum atomic E-state index is 10.7. The molecule has 0 saturated carbocycles. The molecule has 0 spiro atoms. The Morgan fingerprint density at radius 1 is 1.53 bits per heavy atom. The Balaban J connectivity index is 2.29. The van der Waals surface area contributed by atoms with Crippen molar-refractivity contribution < 1.29 is 14.6 Å². The van der Waals surface area contributed by atoms with E-state index in [0.717, 1.165) is 19.5 Å². The van der Waals surface area contributed by atoms with Crippen molar-refractivity contribution in [2.45, 2.75) is 6.42 Å². The average molecular weight is 235 g/mol. The molecule has 0 radical (unpaired) electrons. The van der Waals surface area contributed by atoms with Crippen molar-refractivity contribution in [2.24, 2.45) is 0 Å². The van der Waals surface area contributed by atoms with Crippen LogP contribution in [0.25, 0.3) is 0 Å². The van der Waals surface area contributed by atoms with Crippen LogP contribution < -0.4 is 10.1 Å². The summed E-state index contributed by atoms with van der Waals surface area (Å²) in [5.74, 6) is -0.350. The lowest BCUT2D eigenvalue weighted by atomic mass is 10.2. The van der Waals surface area contributed by atoms with Gasteiger partial charge in [-0.1, -0.05) is 12.1 Å². The van der Waals surface area contributed by atoms with E-state index in [0.29, 0.717) is 12.4 Å². The fourth-order valence-electron chi connectivity index (χ4n) is 1.31. The molecule has 0 aliphatic carbocycles. The van der Waals surface area contributed by atoms with Crippen LogP contribution >= 0.6 is 0 Å². The van der Waals surface area contributed by atoms with Crippen molar-refractivity contribution in [3.8, 4) is 5.75 Å². The van der Waals surface area contributed by atoms with Crippen LogP contribution in [0.4, 0.5) is 0 Å². The van der Waals surface area contributed by atoms with Crippen molar-refractivity contribution in [1.82, 2.24) is 5.32 Å². The Morgan fingerprint density at radius 2 is 2.35 bits per heavy atom. The third-order valence-electron chi connectivity index (χ3n) is 2.14. The molecule has 0 aromatic heterocycles. The number of aromatic carboxylic acids is 1. The topological polar surface area (TPSA) is 58.6 Å². The quantitative estimate of drug-likeness (QED) is 0.534. The first-order valence-corrected chi connectivity index (χ1v) is 5.52. The second-order valence-corrected chi connectivity index (χ2v) is 3.53. The Hall–Kier alpha value is -1.81. The van der Waals surface area contributed by atoms with Gasteiger partial charge in [0.2, 0.25) is 0 Å². The molecular weight excluding hydrogens is 218 g/mol. The number of carboxylic acids is 1. The highest BCUT2D eigenvalue weighted by Gasteiger charge is 2.03. The van der Waals surface area contributed by atoms with E-state index in [2.05, 4.69) is 11.9 Å². The number of rotatable bonds is 8. The highest BCUT2D eigenvalue weighted by Crippen LogP contribution is 2.13. The molecule has 1 aromatic carbocycles. The Labute approximate surface area is 101 Å². The summed E-state index contributed by atoms with van der Waals surface area (Å²) < 4.78 is 5.45. The minimum absolute atomic E-state index is 0.243. The predicted octanol–water partition coefficient (Wildman–Crippen LogP) is 1.93. The lowest BCUT2D eigenvalue weighted by molar-refractivity contribution is 0.0696. The maximum Gasteiger partial charge on any atom is 0.335 e. The van der Waals surface area contributed by atoms with Gasteiger partial charge in [0.15, 0.2) is 0 Å². The van der Waals surface area contributed by atoms with Crippen molar-refractivity contribution in [1.29, 1.82) is 0 Å². The zero-order valence-electron chi connectivity index (χ0n) is 9.69. The number of ether oxygens (including phenoxy) is 1. The number of benzene rings is 1. The van der Waals surface area contributed by atoms with Crippen molar-refractivity contribution in [3.63, 3.8) is 0 Å². The molecule has 0 bridgehead atoms. The molecule has 0 unspecified atom stereocenters. The normalized spacial score (nSPS) is 9.88. The van der Waals surface area contributed by atoms with E-state index in [9.17, 15) is 4.79 Å². The van der Waals surface area contributed by atoms with Crippen LogP contribution in [0, 0.1) is 0 Å². The van der Waals surface area contributed by atoms with Gasteiger partial charge in [0.1, 0.15) is 5.75 Å². The van der Waals surface area contributed by atoms with Gasteiger partial charge in [0, 0.05) is 6.54 Å². The van der Waals surface area contributed by atoms with Crippen LogP contribution in [0.2, 0.25) is 0 Å². The number of hydrogen-bond acceptors (Lipinski definition) is 3. The van der Waals surface area contributed by atoms with E-state index in [1.165, 1.54) is 6.07 Å². The van der Waals surface area contributed by atoms with Gasteiger partial charge < -0.3 is 15.2 Å². The highest BCUT2D eigenvalue weighted by atomic mass is 16.5. The lowest BCUT2D eigenvalue weighted by Crippen LogP contribution is -2.17. The van der Waals surface area contributed by atoms with Gasteiger partial charge in [-0.2, -0.15) is 0 Å². The first-order chi connectivity index (χ1) is 8.24. The molecule has 0 heterocycles. The fourth-order valence-corrected chi connectivity index (χ4v) is 1.31. The molecule has 0 atom stereocenters. The van der Waals surface area contributed by atoms with E-state index in [-0.39, 0.29) is 5.56 Å². The van der Waals surface area contributed by atoms with Gasteiger partial charge in [-0.05, 0) is 31.2 Å². The summed E-state index contributed by atoms with van der Waals surface area (Å²) in [6.07, 6.45) is 2.67. The van der Waals surface area contributed by atoms with Crippen LogP contribution in [-0.4, -0.2) is 30.8 Å². The standard InChI is InChI=1S/C13H17NO3/c1-2-7-14-8-4-9-17-12-6-3-5-11(10-12)13(15)16/h2-3,5-6,10,14H,1,4,7-9H2,(H,15,16). The van der Waals surface area contributed by atoms with Gasteiger partial charge in [0.05, 0.1) is 12.2 Å². The van der Waals surface area contributed by atoms with E-state index in [1.54, 1.807) is 24.3 Å². The summed E-state index contributed by atoms with van der Waals surface area (Å²) >= 11 is 0. The van der Waals surface area contributed by atoms with Gasteiger partial charge in [-0.25, -0.2) is 4.79 Å². The zero-order chi connectivity index (χ0) is 12.5. The van der Waals surface area contributed by atoms with Crippen molar-refractivity contribution in [3.05, 3.63) is 42.5 Å². The molecule has 0 fully saturated rings. The molecule has 92 valence electrons. The SMILES string of the molecule is C=CCNCCCOc1cccc(C(=O)O)c1. The molecule has 2 N–H and O–H groups in total. The van der Waals surface area contributed by atoms with Crippen molar-refractivity contribution >= 4 is 5.97 Å². The summed E-state index contributed by atoms with van der Waals surface area (Å²) in [5.41, 5.74) is 0.243. The zero-order valence-corrected chi connectivity index (χ0v) is 9.69. The number of hydrogen-bond donors (Lipinski definition) is 2. The molecule has 1 rings (SSSR count). The molecule has 0 aliphatic rings. The fraction of sp³-hybridized carbons (Fsp3) is 0.308. The number of carbonyl (C=O) groups is 1. The number of nitrogens with one attached hydrogen (secondary N) is 1. The van der Waals surface area contributed by atoms with Crippen LogP contribution in [0.3, 0.4) is 0 Å². The molecule has 0 amide bonds. The molecular formula is C13H17NO3. The molecule has 4 heteroatoms. The van der Waals surface area contributed by atoms with Crippen LogP contribution in [0.1, 0.15) is 16.8 Å². The van der Waals surface area contributed by atoms with E-state index >= 15 is 0 Å². The Morgan fingerprint density at radius 3 is 3.06 bits per heavy atom. The lowest BCUT2D eigenvalue weighted by Gasteiger charge is -2.06. The molecule has 0 aliphatic heterocycles. The summed E-state index contributed by atoms with van der Waals surface area (Å²) in [6.45, 7) is 5.80. The van der Waals surface area contributed by atoms with Crippen LogP contribution in [0.15, 0.2) is 36.9 Å². The Kier molecular flexibility index (Phi) is 5.82. The van der Waals surface area contributed by atoms with Crippen molar-refractivity contribution in [2.75, 3.05) is 19.7 Å². The summed E-state index contributed by atoms with van der Waals surface area (Å²) in [6, 6.07) is 6.50. The minimum Gasteiger partial charge on any atom is -0.494 e.